The summed E-state index contributed by atoms with van der Waals surface area (Å²) in [6.07, 6.45) is 1.47. The second kappa shape index (κ2) is 7.51. The molecule has 2 fully saturated rings. The lowest BCUT2D eigenvalue weighted by Gasteiger charge is -2.23. The number of hydrogen-bond donors (Lipinski definition) is 0. The van der Waals surface area contributed by atoms with Crippen molar-refractivity contribution in [3.8, 4) is 0 Å². The molecule has 2 saturated heterocycles. The molecular formula is C19H24N4O2. The van der Waals surface area contributed by atoms with Crippen molar-refractivity contribution in [1.29, 1.82) is 0 Å². The van der Waals surface area contributed by atoms with Crippen LogP contribution in [-0.4, -0.2) is 55.8 Å². The zero-order valence-electron chi connectivity index (χ0n) is 14.8. The number of ether oxygens (including phenoxy) is 1. The zero-order valence-corrected chi connectivity index (χ0v) is 14.8. The van der Waals surface area contributed by atoms with Gasteiger partial charge in [0.05, 0.1) is 7.11 Å². The van der Waals surface area contributed by atoms with Crippen LogP contribution in [-0.2, 0) is 9.53 Å². The Hall–Kier alpha value is -2.63. The van der Waals surface area contributed by atoms with E-state index in [2.05, 4.69) is 50.6 Å². The highest BCUT2D eigenvalue weighted by Gasteiger charge is 2.41. The van der Waals surface area contributed by atoms with Gasteiger partial charge in [0.2, 0.25) is 5.96 Å². The Labute approximate surface area is 148 Å². The van der Waals surface area contributed by atoms with Crippen molar-refractivity contribution in [2.24, 2.45) is 21.8 Å². The number of methoxy groups -OCH3 is 1. The Morgan fingerprint density at radius 1 is 1.20 bits per heavy atom. The predicted octanol–water partition coefficient (Wildman–Crippen LogP) is 2.19. The standard InChI is InChI=1S/C19H24N4O2/c1-4-20-19(21-14(2)18(24)25-3)23-12-15-10-22(11-16(15)13-23)17-8-6-5-7-9-17/h4-9,15-16H,1,10-13H2,2-3H3. The minimum absolute atomic E-state index is 0.297. The van der Waals surface area contributed by atoms with Crippen molar-refractivity contribution in [1.82, 2.24) is 4.90 Å². The van der Waals surface area contributed by atoms with Crippen LogP contribution in [0.4, 0.5) is 5.69 Å². The number of likely N-dealkylation sites (tertiary alicyclic amines) is 1. The third-order valence-electron chi connectivity index (χ3n) is 4.85. The molecule has 0 radical (unpaired) electrons. The molecule has 3 rings (SSSR count). The molecule has 0 bridgehead atoms. The molecule has 6 nitrogen and oxygen atoms in total. The first-order valence-corrected chi connectivity index (χ1v) is 8.49. The van der Waals surface area contributed by atoms with E-state index in [4.69, 9.17) is 4.74 Å². The maximum atomic E-state index is 11.6. The third kappa shape index (κ3) is 3.73. The van der Waals surface area contributed by atoms with Crippen molar-refractivity contribution in [3.63, 3.8) is 0 Å². The minimum atomic E-state index is -0.439. The first-order chi connectivity index (χ1) is 12.1. The molecule has 6 heteroatoms. The van der Waals surface area contributed by atoms with E-state index in [1.165, 1.54) is 19.0 Å². The number of guanidine groups is 1. The van der Waals surface area contributed by atoms with E-state index in [0.717, 1.165) is 26.2 Å². The van der Waals surface area contributed by atoms with E-state index in [-0.39, 0.29) is 0 Å². The quantitative estimate of drug-likeness (QED) is 0.481. The van der Waals surface area contributed by atoms with Gasteiger partial charge in [-0.25, -0.2) is 14.8 Å². The molecule has 132 valence electrons. The van der Waals surface area contributed by atoms with Crippen LogP contribution in [0, 0.1) is 11.8 Å². The van der Waals surface area contributed by atoms with Crippen LogP contribution in [0.5, 0.6) is 0 Å². The summed E-state index contributed by atoms with van der Waals surface area (Å²) in [5, 5.41) is 0. The van der Waals surface area contributed by atoms with E-state index in [0.29, 0.717) is 23.5 Å². The van der Waals surface area contributed by atoms with Gasteiger partial charge >= 0.3 is 5.97 Å². The molecule has 0 aromatic heterocycles. The molecule has 2 unspecified atom stereocenters. The second-order valence-corrected chi connectivity index (χ2v) is 6.47. The fourth-order valence-electron chi connectivity index (χ4n) is 3.61. The second-order valence-electron chi connectivity index (χ2n) is 6.47. The summed E-state index contributed by atoms with van der Waals surface area (Å²) >= 11 is 0. The molecule has 2 heterocycles. The van der Waals surface area contributed by atoms with Crippen molar-refractivity contribution >= 4 is 23.3 Å². The van der Waals surface area contributed by atoms with Gasteiger partial charge in [-0.3, -0.25) is 0 Å². The number of hydrogen-bond acceptors (Lipinski definition) is 4. The predicted molar refractivity (Wildman–Crippen MR) is 100.0 cm³/mol. The van der Waals surface area contributed by atoms with Gasteiger partial charge in [-0.05, 0) is 19.1 Å². The van der Waals surface area contributed by atoms with E-state index in [9.17, 15) is 4.79 Å². The van der Waals surface area contributed by atoms with Crippen LogP contribution < -0.4 is 4.90 Å². The first-order valence-electron chi connectivity index (χ1n) is 8.49. The van der Waals surface area contributed by atoms with Gasteiger partial charge < -0.3 is 14.5 Å². The molecule has 1 aromatic carbocycles. The van der Waals surface area contributed by atoms with Gasteiger partial charge in [-0.1, -0.05) is 24.8 Å². The van der Waals surface area contributed by atoms with Gasteiger partial charge in [-0.2, -0.15) is 0 Å². The summed E-state index contributed by atoms with van der Waals surface area (Å²) in [7, 11) is 1.35. The molecule has 2 aliphatic rings. The zero-order chi connectivity index (χ0) is 17.8. The number of fused-ring (bicyclic) bond motifs is 1. The van der Waals surface area contributed by atoms with Crippen LogP contribution in [0.2, 0.25) is 0 Å². The minimum Gasteiger partial charge on any atom is -0.465 e. The summed E-state index contributed by atoms with van der Waals surface area (Å²) in [4.78, 5) is 24.8. The highest BCUT2D eigenvalue weighted by Crippen LogP contribution is 2.34. The molecule has 0 saturated carbocycles. The Morgan fingerprint density at radius 3 is 2.40 bits per heavy atom. The Bertz CT molecular complexity index is 685. The number of esters is 1. The van der Waals surface area contributed by atoms with E-state index in [1.807, 2.05) is 6.07 Å². The largest absolute Gasteiger partial charge is 0.465 e. The number of anilines is 1. The van der Waals surface area contributed by atoms with E-state index in [1.54, 1.807) is 6.92 Å². The van der Waals surface area contributed by atoms with Crippen LogP contribution in [0.25, 0.3) is 0 Å². The fourth-order valence-corrected chi connectivity index (χ4v) is 3.61. The van der Waals surface area contributed by atoms with Gasteiger partial charge in [0.25, 0.3) is 0 Å². The number of aliphatic imine (C=N–C) groups is 2. The number of nitrogens with zero attached hydrogens (tertiary/aromatic N) is 4. The first kappa shape index (κ1) is 17.2. The summed E-state index contributed by atoms with van der Waals surface area (Å²) < 4.78 is 4.72. The van der Waals surface area contributed by atoms with Crippen molar-refractivity contribution in [2.75, 3.05) is 38.2 Å². The summed E-state index contributed by atoms with van der Waals surface area (Å²) in [5.41, 5.74) is 1.58. The summed E-state index contributed by atoms with van der Waals surface area (Å²) in [6, 6.07) is 10.5. The number of benzene rings is 1. The number of carbonyl (C=O) groups is 1. The molecule has 1 aromatic rings. The lowest BCUT2D eigenvalue weighted by molar-refractivity contribution is -0.132. The van der Waals surface area contributed by atoms with Crippen LogP contribution in [0.1, 0.15) is 6.92 Å². The van der Waals surface area contributed by atoms with Crippen molar-refractivity contribution in [3.05, 3.63) is 43.1 Å². The molecule has 0 N–H and O–H groups in total. The highest BCUT2D eigenvalue weighted by molar-refractivity contribution is 6.37. The van der Waals surface area contributed by atoms with E-state index >= 15 is 0 Å². The topological polar surface area (TPSA) is 57.5 Å². The Morgan fingerprint density at radius 2 is 1.84 bits per heavy atom. The number of rotatable bonds is 3. The third-order valence-corrected chi connectivity index (χ3v) is 4.85. The molecule has 25 heavy (non-hydrogen) atoms. The maximum Gasteiger partial charge on any atom is 0.352 e. The lowest BCUT2D eigenvalue weighted by atomic mass is 10.0. The molecule has 2 atom stereocenters. The molecular weight excluding hydrogens is 316 g/mol. The lowest BCUT2D eigenvalue weighted by Crippen LogP contribution is -2.33. The summed E-state index contributed by atoms with van der Waals surface area (Å²) in [6.45, 7) is 9.14. The monoisotopic (exact) mass is 340 g/mol. The van der Waals surface area contributed by atoms with Crippen molar-refractivity contribution < 1.29 is 9.53 Å². The van der Waals surface area contributed by atoms with Crippen LogP contribution >= 0.6 is 0 Å². The van der Waals surface area contributed by atoms with Crippen molar-refractivity contribution in [2.45, 2.75) is 6.92 Å². The molecule has 0 aliphatic carbocycles. The maximum absolute atomic E-state index is 11.6. The smallest absolute Gasteiger partial charge is 0.352 e. The van der Waals surface area contributed by atoms with Gasteiger partial charge in [-0.15, -0.1) is 0 Å². The highest BCUT2D eigenvalue weighted by atomic mass is 16.5. The molecule has 0 amide bonds. The normalized spacial score (nSPS) is 23.6. The van der Waals surface area contributed by atoms with Gasteiger partial charge in [0.15, 0.2) is 0 Å². The Balaban J connectivity index is 1.68. The number of para-hydroxylation sites is 1. The average Bonchev–Trinajstić information content (AvgIpc) is 3.20. The summed E-state index contributed by atoms with van der Waals surface area (Å²) in [5.74, 6) is 1.25. The number of carbonyl (C=O) groups excluding carboxylic acids is 1. The van der Waals surface area contributed by atoms with Gasteiger partial charge in [0, 0.05) is 49.9 Å². The average molecular weight is 340 g/mol. The SMILES string of the molecule is C=CN=C(N=C(C)C(=O)OC)N1CC2CN(c3ccccc3)CC2C1. The Kier molecular flexibility index (Phi) is 5.16. The van der Waals surface area contributed by atoms with Gasteiger partial charge in [0.1, 0.15) is 5.71 Å². The van der Waals surface area contributed by atoms with Crippen LogP contribution in [0.3, 0.4) is 0 Å². The van der Waals surface area contributed by atoms with E-state index < -0.39 is 5.97 Å². The fraction of sp³-hybridized carbons (Fsp3) is 0.421. The van der Waals surface area contributed by atoms with Crippen LogP contribution in [0.15, 0.2) is 53.1 Å². The molecule has 2 aliphatic heterocycles. The molecule has 0 spiro atoms.